The van der Waals surface area contributed by atoms with Gasteiger partial charge in [-0.15, -0.1) is 0 Å². The Labute approximate surface area is 174 Å². The summed E-state index contributed by atoms with van der Waals surface area (Å²) in [6, 6.07) is 10.8. The van der Waals surface area contributed by atoms with Crippen LogP contribution in [0.5, 0.6) is 5.75 Å². The van der Waals surface area contributed by atoms with Crippen molar-refractivity contribution in [2.75, 3.05) is 25.6 Å². The van der Waals surface area contributed by atoms with E-state index in [-0.39, 0.29) is 6.47 Å². The maximum absolute atomic E-state index is 10.6. The van der Waals surface area contributed by atoms with Gasteiger partial charge in [0.1, 0.15) is 5.75 Å². The van der Waals surface area contributed by atoms with Crippen LogP contribution in [-0.2, 0) is 14.2 Å². The molecule has 9 heteroatoms. The monoisotopic (exact) mass is 407 g/mol. The maximum atomic E-state index is 10.6. The van der Waals surface area contributed by atoms with Gasteiger partial charge in [0, 0.05) is 24.2 Å². The molecular formula is C21H22BN3O5. The molecule has 2 heterocycles. The maximum Gasteiger partial charge on any atom is 0.561 e. The minimum Gasteiger partial charge on any atom is -0.508 e. The van der Waals surface area contributed by atoms with Gasteiger partial charge in [-0.3, -0.25) is 4.79 Å². The van der Waals surface area contributed by atoms with Crippen LogP contribution in [0.25, 0.3) is 22.0 Å². The van der Waals surface area contributed by atoms with Gasteiger partial charge in [-0.25, -0.2) is 0 Å². The zero-order valence-corrected chi connectivity index (χ0v) is 16.4. The third kappa shape index (κ3) is 4.37. The van der Waals surface area contributed by atoms with Crippen molar-refractivity contribution in [3.05, 3.63) is 42.6 Å². The third-order valence-corrected chi connectivity index (χ3v) is 5.26. The Morgan fingerprint density at radius 2 is 2.20 bits per heavy atom. The summed E-state index contributed by atoms with van der Waals surface area (Å²) in [6.45, 7) is 2.34. The molecule has 3 aromatic rings. The largest absolute Gasteiger partial charge is 0.561 e. The van der Waals surface area contributed by atoms with Crippen LogP contribution in [0.2, 0.25) is 0 Å². The number of carbonyl (C=O) groups is 1. The van der Waals surface area contributed by atoms with E-state index in [0.29, 0.717) is 34.9 Å². The highest BCUT2D eigenvalue weighted by molar-refractivity contribution is 6.61. The first-order valence-corrected chi connectivity index (χ1v) is 9.78. The Morgan fingerprint density at radius 3 is 3.00 bits per heavy atom. The number of rotatable bonds is 8. The topological polar surface area (TPSA) is 117 Å². The Morgan fingerprint density at radius 1 is 1.30 bits per heavy atom. The van der Waals surface area contributed by atoms with Gasteiger partial charge >= 0.3 is 7.12 Å². The smallest absolute Gasteiger partial charge is 0.508 e. The molecule has 3 N–H and O–H groups in total. The van der Waals surface area contributed by atoms with Crippen LogP contribution in [0.4, 0.5) is 5.69 Å². The molecule has 0 amide bonds. The number of hydrogen-bond donors (Lipinski definition) is 2. The summed E-state index contributed by atoms with van der Waals surface area (Å²) in [5.74, 6) is 1.17. The van der Waals surface area contributed by atoms with Crippen molar-refractivity contribution in [2.24, 2.45) is 5.92 Å². The molecule has 1 aliphatic rings. The van der Waals surface area contributed by atoms with Gasteiger partial charge < -0.3 is 24.9 Å². The van der Waals surface area contributed by atoms with E-state index in [0.717, 1.165) is 42.6 Å². The van der Waals surface area contributed by atoms with Crippen molar-refractivity contribution in [3.63, 3.8) is 0 Å². The number of nitrogen functional groups attached to an aromatic ring is 1. The first kappa shape index (κ1) is 20.1. The molecule has 154 valence electrons. The number of hydrogen-bond acceptors (Lipinski definition) is 8. The molecule has 0 aliphatic carbocycles. The predicted molar refractivity (Wildman–Crippen MR) is 113 cm³/mol. The Bertz CT molecular complexity index is 1040. The second kappa shape index (κ2) is 9.10. The van der Waals surface area contributed by atoms with Crippen molar-refractivity contribution in [1.29, 1.82) is 0 Å². The summed E-state index contributed by atoms with van der Waals surface area (Å²) < 4.78 is 16.2. The minimum absolute atomic E-state index is 0.215. The third-order valence-electron chi connectivity index (χ3n) is 5.26. The number of nitrogens with zero attached hydrogens (tertiary/aromatic N) is 2. The zero-order chi connectivity index (χ0) is 20.9. The molecule has 1 unspecified atom stereocenters. The first-order chi connectivity index (χ1) is 14.7. The van der Waals surface area contributed by atoms with E-state index in [1.807, 2.05) is 18.2 Å². The Balaban J connectivity index is 1.66. The Hall–Kier alpha value is -3.17. The van der Waals surface area contributed by atoms with Gasteiger partial charge in [-0.1, -0.05) is 12.1 Å². The fourth-order valence-corrected chi connectivity index (χ4v) is 3.58. The molecule has 30 heavy (non-hydrogen) atoms. The molecule has 2 aromatic carbocycles. The normalized spacial score (nSPS) is 15.8. The highest BCUT2D eigenvalue weighted by atomic mass is 16.5. The van der Waals surface area contributed by atoms with Gasteiger partial charge in [0.05, 0.1) is 24.0 Å². The van der Waals surface area contributed by atoms with Crippen molar-refractivity contribution in [1.82, 2.24) is 10.2 Å². The number of nitrogens with two attached hydrogens (primary N) is 1. The van der Waals surface area contributed by atoms with E-state index >= 15 is 0 Å². The van der Waals surface area contributed by atoms with E-state index in [1.54, 1.807) is 18.2 Å². The fourth-order valence-electron chi connectivity index (χ4n) is 3.58. The number of carbonyl (C=O) groups excluding carboxylic acids is 1. The van der Waals surface area contributed by atoms with Crippen LogP contribution in [0.3, 0.4) is 0 Å². The molecule has 4 rings (SSSR count). The van der Waals surface area contributed by atoms with E-state index in [9.17, 15) is 9.82 Å². The Kier molecular flexibility index (Phi) is 6.11. The van der Waals surface area contributed by atoms with Gasteiger partial charge in [0.25, 0.3) is 6.47 Å². The molecular weight excluding hydrogens is 385 g/mol. The molecule has 1 aromatic heterocycles. The molecule has 8 nitrogen and oxygen atoms in total. The summed E-state index contributed by atoms with van der Waals surface area (Å²) in [7, 11) is -1.36. The standard InChI is InChI=1S/C21H22BN3O5/c23-19-11-24-25-20-9-15(1-3-17(19)20)18-10-16(22(27)30-13-26)2-4-21(18)29-8-6-14-5-7-28-12-14/h1-4,9-11,13-14,27H,5-8,12H2,(H2,23,25). The van der Waals surface area contributed by atoms with E-state index < -0.39 is 7.12 Å². The molecule has 0 saturated carbocycles. The lowest BCUT2D eigenvalue weighted by Gasteiger charge is -2.15. The number of ether oxygens (including phenoxy) is 2. The highest BCUT2D eigenvalue weighted by Gasteiger charge is 2.21. The summed E-state index contributed by atoms with van der Waals surface area (Å²) in [5, 5.41) is 18.9. The molecule has 0 bridgehead atoms. The average Bonchev–Trinajstić information content (AvgIpc) is 3.27. The van der Waals surface area contributed by atoms with Crippen LogP contribution in [0.1, 0.15) is 12.8 Å². The quantitative estimate of drug-likeness (QED) is 0.427. The first-order valence-electron chi connectivity index (χ1n) is 9.78. The number of anilines is 1. The summed E-state index contributed by atoms with van der Waals surface area (Å²) in [4.78, 5) is 10.6. The second-order valence-electron chi connectivity index (χ2n) is 7.24. The number of benzene rings is 2. The van der Waals surface area contributed by atoms with Gasteiger partial charge in [-0.2, -0.15) is 10.2 Å². The summed E-state index contributed by atoms with van der Waals surface area (Å²) in [6.07, 6.45) is 3.46. The van der Waals surface area contributed by atoms with E-state index in [4.69, 9.17) is 15.2 Å². The zero-order valence-electron chi connectivity index (χ0n) is 16.4. The van der Waals surface area contributed by atoms with Crippen molar-refractivity contribution >= 4 is 35.6 Å². The molecule has 1 saturated heterocycles. The number of aromatic nitrogens is 2. The lowest BCUT2D eigenvalue weighted by Crippen LogP contribution is -2.33. The van der Waals surface area contributed by atoms with Gasteiger partial charge in [0.2, 0.25) is 0 Å². The fraction of sp³-hybridized carbons (Fsp3) is 0.286. The molecule has 1 atom stereocenters. The van der Waals surface area contributed by atoms with Crippen LogP contribution >= 0.6 is 0 Å². The molecule has 0 radical (unpaired) electrons. The van der Waals surface area contributed by atoms with E-state index in [1.165, 1.54) is 6.20 Å². The summed E-state index contributed by atoms with van der Waals surface area (Å²) >= 11 is 0. The van der Waals surface area contributed by atoms with Crippen LogP contribution in [0.15, 0.2) is 42.6 Å². The number of fused-ring (bicyclic) bond motifs is 1. The average molecular weight is 407 g/mol. The summed E-state index contributed by atoms with van der Waals surface area (Å²) in [5.41, 5.74) is 9.18. The highest BCUT2D eigenvalue weighted by Crippen LogP contribution is 2.32. The van der Waals surface area contributed by atoms with Crippen LogP contribution in [0, 0.1) is 5.92 Å². The van der Waals surface area contributed by atoms with Crippen LogP contribution < -0.4 is 15.9 Å². The van der Waals surface area contributed by atoms with Crippen molar-refractivity contribution < 1.29 is 23.9 Å². The molecule has 0 spiro atoms. The van der Waals surface area contributed by atoms with E-state index in [2.05, 4.69) is 14.9 Å². The SMILES string of the molecule is Nc1cnnc2cc(-c3cc(B(O)OC=O)ccc3OCCC3CCOC3)ccc12. The van der Waals surface area contributed by atoms with Gasteiger partial charge in [-0.05, 0) is 54.1 Å². The molecule has 1 fully saturated rings. The second-order valence-corrected chi connectivity index (χ2v) is 7.24. The molecule has 1 aliphatic heterocycles. The van der Waals surface area contributed by atoms with Crippen molar-refractivity contribution in [3.8, 4) is 16.9 Å². The lowest BCUT2D eigenvalue weighted by molar-refractivity contribution is -0.121. The lowest BCUT2D eigenvalue weighted by atomic mass is 9.78. The minimum atomic E-state index is -1.36. The van der Waals surface area contributed by atoms with Crippen molar-refractivity contribution in [2.45, 2.75) is 12.8 Å². The predicted octanol–water partition coefficient (Wildman–Crippen LogP) is 1.54. The van der Waals surface area contributed by atoms with Gasteiger partial charge in [0.15, 0.2) is 0 Å². The van der Waals surface area contributed by atoms with Crippen LogP contribution in [-0.4, -0.2) is 48.6 Å².